The van der Waals surface area contributed by atoms with Crippen LogP contribution in [0.25, 0.3) is 0 Å². The van der Waals surface area contributed by atoms with Gasteiger partial charge in [-0.15, -0.1) is 16.8 Å². The predicted octanol–water partition coefficient (Wildman–Crippen LogP) is 4.95. The van der Waals surface area contributed by atoms with Gasteiger partial charge in [-0.3, -0.25) is 9.59 Å². The molecule has 0 saturated heterocycles. The van der Waals surface area contributed by atoms with Gasteiger partial charge in [0.1, 0.15) is 5.82 Å². The van der Waals surface area contributed by atoms with Crippen LogP contribution in [0.4, 0.5) is 11.4 Å². The largest absolute Gasteiger partial charge is 0.326 e. The van der Waals surface area contributed by atoms with E-state index in [4.69, 9.17) is 11.6 Å². The van der Waals surface area contributed by atoms with Gasteiger partial charge in [-0.25, -0.2) is 0 Å². The molecule has 9 heteroatoms. The van der Waals surface area contributed by atoms with Gasteiger partial charge in [0.15, 0.2) is 5.16 Å². The number of rotatable bonds is 9. The smallest absolute Gasteiger partial charge is 0.234 e. The number of carbonyl (C=O) groups is 2. The van der Waals surface area contributed by atoms with E-state index in [0.29, 0.717) is 28.2 Å². The minimum atomic E-state index is -0.239. The number of amides is 2. The first-order valence-electron chi connectivity index (χ1n) is 10.4. The van der Waals surface area contributed by atoms with Crippen LogP contribution in [-0.2, 0) is 22.6 Å². The highest BCUT2D eigenvalue weighted by Crippen LogP contribution is 2.22. The number of allylic oxidation sites excluding steroid dienone is 1. The van der Waals surface area contributed by atoms with Crippen LogP contribution in [0.1, 0.15) is 22.5 Å². The molecule has 1 heterocycles. The first-order valence-corrected chi connectivity index (χ1v) is 11.7. The molecule has 0 saturated carbocycles. The first-order chi connectivity index (χ1) is 15.8. The highest BCUT2D eigenvalue weighted by molar-refractivity contribution is 7.99. The second-order valence-electron chi connectivity index (χ2n) is 7.64. The highest BCUT2D eigenvalue weighted by Gasteiger charge is 2.17. The van der Waals surface area contributed by atoms with Gasteiger partial charge in [-0.1, -0.05) is 47.6 Å². The number of hydrogen-bond donors (Lipinski definition) is 2. The fourth-order valence-electron chi connectivity index (χ4n) is 3.08. The molecule has 2 amide bonds. The van der Waals surface area contributed by atoms with Crippen LogP contribution in [0, 0.1) is 20.8 Å². The van der Waals surface area contributed by atoms with E-state index in [0.717, 1.165) is 22.4 Å². The predicted molar refractivity (Wildman–Crippen MR) is 134 cm³/mol. The summed E-state index contributed by atoms with van der Waals surface area (Å²) in [5, 5.41) is 15.2. The zero-order valence-corrected chi connectivity index (χ0v) is 20.4. The summed E-state index contributed by atoms with van der Waals surface area (Å²) >= 11 is 7.39. The minimum Gasteiger partial charge on any atom is -0.326 e. The maximum absolute atomic E-state index is 12.5. The topological polar surface area (TPSA) is 88.9 Å². The monoisotopic (exact) mass is 483 g/mol. The van der Waals surface area contributed by atoms with Crippen molar-refractivity contribution in [2.45, 2.75) is 38.9 Å². The summed E-state index contributed by atoms with van der Waals surface area (Å²) in [7, 11) is 0. The average Bonchev–Trinajstić information content (AvgIpc) is 3.13. The van der Waals surface area contributed by atoms with Crippen molar-refractivity contribution in [3.63, 3.8) is 0 Å². The molecule has 172 valence electrons. The highest BCUT2D eigenvalue weighted by atomic mass is 35.5. The Balaban J connectivity index is 1.64. The third-order valence-corrected chi connectivity index (χ3v) is 6.25. The van der Waals surface area contributed by atoms with E-state index in [2.05, 4.69) is 27.4 Å². The van der Waals surface area contributed by atoms with Crippen LogP contribution in [0.5, 0.6) is 0 Å². The number of nitrogens with one attached hydrogen (secondary N) is 2. The first kappa shape index (κ1) is 24.5. The van der Waals surface area contributed by atoms with Crippen molar-refractivity contribution in [1.82, 2.24) is 14.8 Å². The number of aryl methyl sites for hydroxylation is 3. The maximum Gasteiger partial charge on any atom is 0.234 e. The Morgan fingerprint density at radius 1 is 1.06 bits per heavy atom. The molecular weight excluding hydrogens is 458 g/mol. The lowest BCUT2D eigenvalue weighted by molar-refractivity contribution is -0.116. The van der Waals surface area contributed by atoms with Gasteiger partial charge >= 0.3 is 0 Å². The fraction of sp³-hybridized carbons (Fsp3) is 0.250. The molecule has 0 spiro atoms. The number of benzene rings is 2. The second-order valence-corrected chi connectivity index (χ2v) is 8.99. The molecule has 0 unspecified atom stereocenters. The van der Waals surface area contributed by atoms with Gasteiger partial charge in [0.05, 0.1) is 12.2 Å². The summed E-state index contributed by atoms with van der Waals surface area (Å²) in [6, 6.07) is 11.3. The third kappa shape index (κ3) is 6.69. The van der Waals surface area contributed by atoms with E-state index in [9.17, 15) is 9.59 Å². The Bertz CT molecular complexity index is 1190. The summed E-state index contributed by atoms with van der Waals surface area (Å²) in [5.41, 5.74) is 4.41. The van der Waals surface area contributed by atoms with E-state index < -0.39 is 0 Å². The van der Waals surface area contributed by atoms with Crippen LogP contribution in [-0.4, -0.2) is 32.3 Å². The Morgan fingerprint density at radius 2 is 1.82 bits per heavy atom. The molecule has 0 bridgehead atoms. The molecule has 3 aromatic rings. The molecule has 0 fully saturated rings. The van der Waals surface area contributed by atoms with E-state index in [-0.39, 0.29) is 24.0 Å². The van der Waals surface area contributed by atoms with Gasteiger partial charge < -0.3 is 15.2 Å². The van der Waals surface area contributed by atoms with E-state index >= 15 is 0 Å². The maximum atomic E-state index is 12.5. The Labute approximate surface area is 202 Å². The van der Waals surface area contributed by atoms with Crippen LogP contribution in [0.3, 0.4) is 0 Å². The number of aromatic nitrogens is 3. The van der Waals surface area contributed by atoms with Gasteiger partial charge in [0.2, 0.25) is 11.8 Å². The molecule has 2 aromatic carbocycles. The Morgan fingerprint density at radius 3 is 2.55 bits per heavy atom. The number of anilines is 2. The molecule has 0 atom stereocenters. The number of thioether (sulfide) groups is 1. The minimum absolute atomic E-state index is 0.0293. The molecule has 0 aliphatic rings. The summed E-state index contributed by atoms with van der Waals surface area (Å²) in [6.45, 7) is 10.0. The molecule has 1 aromatic heterocycles. The van der Waals surface area contributed by atoms with Crippen molar-refractivity contribution in [1.29, 1.82) is 0 Å². The Hall–Kier alpha value is -3.10. The number of nitrogens with zero attached hydrogens (tertiary/aromatic N) is 3. The van der Waals surface area contributed by atoms with Gasteiger partial charge in [-0.05, 0) is 55.7 Å². The summed E-state index contributed by atoms with van der Waals surface area (Å²) in [5.74, 6) is 0.272. The Kier molecular flexibility index (Phi) is 8.30. The standard InChI is InChI=1S/C24H26ClN5O2S/c1-5-10-30-21(13-22(31)26-18-9-8-16(3)19(25)12-18)28-29-24(30)33-14-23(32)27-20-11-15(2)6-7-17(20)4/h5-9,11-12H,1,10,13-14H2,2-4H3,(H,26,31)(H,27,32). The van der Waals surface area contributed by atoms with Gasteiger partial charge in [0.25, 0.3) is 0 Å². The zero-order chi connectivity index (χ0) is 24.0. The third-order valence-electron chi connectivity index (χ3n) is 4.88. The van der Waals surface area contributed by atoms with E-state index in [1.54, 1.807) is 22.8 Å². The van der Waals surface area contributed by atoms with Gasteiger partial charge in [-0.2, -0.15) is 0 Å². The average molecular weight is 484 g/mol. The van der Waals surface area contributed by atoms with Crippen LogP contribution in [0.2, 0.25) is 5.02 Å². The SMILES string of the molecule is C=CCn1c(CC(=O)Nc2ccc(C)c(Cl)c2)nnc1SCC(=O)Nc1cc(C)ccc1C. The van der Waals surface area contributed by atoms with Crippen LogP contribution >= 0.6 is 23.4 Å². The quantitative estimate of drug-likeness (QED) is 0.332. The number of halogens is 1. The summed E-state index contributed by atoms with van der Waals surface area (Å²) < 4.78 is 1.78. The van der Waals surface area contributed by atoms with Crippen molar-refractivity contribution in [2.75, 3.05) is 16.4 Å². The lowest BCUT2D eigenvalue weighted by atomic mass is 10.1. The normalized spacial score (nSPS) is 10.7. The van der Waals surface area contributed by atoms with Crippen LogP contribution in [0.15, 0.2) is 54.2 Å². The van der Waals surface area contributed by atoms with E-state index in [1.165, 1.54) is 11.8 Å². The molecule has 3 rings (SSSR count). The lowest BCUT2D eigenvalue weighted by Crippen LogP contribution is -2.18. The van der Waals surface area contributed by atoms with Crippen molar-refractivity contribution in [3.8, 4) is 0 Å². The lowest BCUT2D eigenvalue weighted by Gasteiger charge is -2.10. The molecule has 2 N–H and O–H groups in total. The van der Waals surface area contributed by atoms with E-state index in [1.807, 2.05) is 45.0 Å². The molecule has 7 nitrogen and oxygen atoms in total. The molecule has 0 aliphatic heterocycles. The zero-order valence-electron chi connectivity index (χ0n) is 18.8. The van der Waals surface area contributed by atoms with Crippen molar-refractivity contribution in [2.24, 2.45) is 0 Å². The fourth-order valence-corrected chi connectivity index (χ4v) is 4.02. The van der Waals surface area contributed by atoms with Crippen LogP contribution < -0.4 is 10.6 Å². The van der Waals surface area contributed by atoms with Crippen molar-refractivity contribution >= 4 is 46.6 Å². The molecule has 0 radical (unpaired) electrons. The summed E-state index contributed by atoms with van der Waals surface area (Å²) in [6.07, 6.45) is 1.73. The molecular formula is C24H26ClN5O2S. The van der Waals surface area contributed by atoms with Gasteiger partial charge in [0, 0.05) is 22.9 Å². The number of carbonyl (C=O) groups excluding carboxylic acids is 2. The molecule has 33 heavy (non-hydrogen) atoms. The number of hydrogen-bond acceptors (Lipinski definition) is 5. The summed E-state index contributed by atoms with van der Waals surface area (Å²) in [4.78, 5) is 25.0. The van der Waals surface area contributed by atoms with Crippen molar-refractivity contribution < 1.29 is 9.59 Å². The molecule has 0 aliphatic carbocycles. The van der Waals surface area contributed by atoms with Crippen molar-refractivity contribution in [3.05, 3.63) is 76.6 Å². The second kappa shape index (κ2) is 11.2.